The summed E-state index contributed by atoms with van der Waals surface area (Å²) in [5.41, 5.74) is 1.87. The van der Waals surface area contributed by atoms with E-state index in [1.54, 1.807) is 18.3 Å². The molecule has 1 aromatic carbocycles. The second kappa shape index (κ2) is 7.92. The van der Waals surface area contributed by atoms with E-state index in [-0.39, 0.29) is 11.6 Å². The minimum atomic E-state index is -0.305. The first-order chi connectivity index (χ1) is 11.0. The summed E-state index contributed by atoms with van der Waals surface area (Å²) in [5, 5.41) is 3.38. The molecule has 1 N–H and O–H groups in total. The Morgan fingerprint density at radius 3 is 2.70 bits per heavy atom. The third-order valence-corrected chi connectivity index (χ3v) is 3.95. The molecule has 0 unspecified atom stereocenters. The van der Waals surface area contributed by atoms with Crippen LogP contribution in [0.3, 0.4) is 0 Å². The van der Waals surface area contributed by atoms with Gasteiger partial charge in [0.05, 0.1) is 12.4 Å². The van der Waals surface area contributed by atoms with Gasteiger partial charge in [-0.15, -0.1) is 0 Å². The molecule has 0 saturated heterocycles. The Labute approximate surface area is 141 Å². The molecule has 0 aliphatic heterocycles. The van der Waals surface area contributed by atoms with E-state index in [1.807, 2.05) is 24.9 Å². The van der Waals surface area contributed by atoms with Crippen LogP contribution in [-0.2, 0) is 0 Å². The van der Waals surface area contributed by atoms with Gasteiger partial charge < -0.3 is 10.2 Å². The first kappa shape index (κ1) is 17.2. The molecule has 2 aromatic rings. The average Bonchev–Trinajstić information content (AvgIpc) is 2.56. The summed E-state index contributed by atoms with van der Waals surface area (Å²) in [6.45, 7) is 4.97. The highest BCUT2D eigenvalue weighted by Gasteiger charge is 2.10. The summed E-state index contributed by atoms with van der Waals surface area (Å²) in [6.07, 6.45) is 5.32. The molecular weight excluding hydrogens is 312 g/mol. The van der Waals surface area contributed by atoms with Crippen LogP contribution in [0.5, 0.6) is 0 Å². The molecule has 0 atom stereocenters. The van der Waals surface area contributed by atoms with E-state index in [1.165, 1.54) is 6.20 Å². The Morgan fingerprint density at radius 2 is 2.09 bits per heavy atom. The van der Waals surface area contributed by atoms with Gasteiger partial charge >= 0.3 is 0 Å². The first-order valence-electron chi connectivity index (χ1n) is 7.62. The largest absolute Gasteiger partial charge is 0.358 e. The van der Waals surface area contributed by atoms with Crippen LogP contribution in [0.25, 0.3) is 0 Å². The zero-order valence-electron chi connectivity index (χ0n) is 13.6. The van der Waals surface area contributed by atoms with Gasteiger partial charge in [-0.05, 0) is 31.0 Å². The number of nitrogens with zero attached hydrogens (tertiary/aromatic N) is 3. The highest BCUT2D eigenvalue weighted by atomic mass is 35.5. The summed E-state index contributed by atoms with van der Waals surface area (Å²) < 4.78 is 0. The number of aryl methyl sites for hydroxylation is 1. The smallest absolute Gasteiger partial charge is 0.275 e. The Bertz CT molecular complexity index is 673. The topological polar surface area (TPSA) is 58.1 Å². The van der Waals surface area contributed by atoms with E-state index in [4.69, 9.17) is 11.6 Å². The van der Waals surface area contributed by atoms with Gasteiger partial charge in [-0.1, -0.05) is 31.0 Å². The van der Waals surface area contributed by atoms with Crippen molar-refractivity contribution in [3.63, 3.8) is 0 Å². The number of anilines is 2. The van der Waals surface area contributed by atoms with Gasteiger partial charge in [0.2, 0.25) is 0 Å². The van der Waals surface area contributed by atoms with Crippen LogP contribution < -0.4 is 10.2 Å². The number of carbonyl (C=O) groups is 1. The van der Waals surface area contributed by atoms with Crippen molar-refractivity contribution in [3.8, 4) is 0 Å². The summed E-state index contributed by atoms with van der Waals surface area (Å²) in [7, 11) is 1.97. The molecule has 6 heteroatoms. The number of carbonyl (C=O) groups excluding carboxylic acids is 1. The first-order valence-corrected chi connectivity index (χ1v) is 7.99. The van der Waals surface area contributed by atoms with E-state index in [0.29, 0.717) is 10.7 Å². The third-order valence-electron chi connectivity index (χ3n) is 3.54. The van der Waals surface area contributed by atoms with Gasteiger partial charge in [-0.3, -0.25) is 4.79 Å². The summed E-state index contributed by atoms with van der Waals surface area (Å²) in [5.74, 6) is 0.452. The second-order valence-electron chi connectivity index (χ2n) is 5.45. The van der Waals surface area contributed by atoms with Crippen molar-refractivity contribution in [2.24, 2.45) is 0 Å². The molecule has 0 bridgehead atoms. The molecule has 2 rings (SSSR count). The van der Waals surface area contributed by atoms with Gasteiger partial charge in [-0.25, -0.2) is 9.97 Å². The number of unbranched alkanes of at least 4 members (excludes halogenated alkanes) is 1. The Kier molecular flexibility index (Phi) is 5.93. The van der Waals surface area contributed by atoms with Crippen LogP contribution in [0.4, 0.5) is 11.5 Å². The van der Waals surface area contributed by atoms with Crippen molar-refractivity contribution >= 4 is 29.0 Å². The van der Waals surface area contributed by atoms with Gasteiger partial charge in [-0.2, -0.15) is 0 Å². The summed E-state index contributed by atoms with van der Waals surface area (Å²) in [4.78, 5) is 22.7. The van der Waals surface area contributed by atoms with E-state index in [9.17, 15) is 4.79 Å². The lowest BCUT2D eigenvalue weighted by Crippen LogP contribution is -2.21. The lowest BCUT2D eigenvalue weighted by Gasteiger charge is -2.17. The van der Waals surface area contributed by atoms with E-state index in [2.05, 4.69) is 22.2 Å². The van der Waals surface area contributed by atoms with Gasteiger partial charge in [0, 0.05) is 24.3 Å². The van der Waals surface area contributed by atoms with E-state index in [0.717, 1.165) is 30.8 Å². The molecular formula is C17H21ClN4O. The molecule has 0 aliphatic rings. The molecule has 0 spiro atoms. The Hall–Kier alpha value is -2.14. The van der Waals surface area contributed by atoms with Crippen LogP contribution >= 0.6 is 11.6 Å². The lowest BCUT2D eigenvalue weighted by molar-refractivity contribution is 0.102. The number of nitrogens with one attached hydrogen (secondary N) is 1. The maximum Gasteiger partial charge on any atom is 0.275 e. The van der Waals surface area contributed by atoms with Crippen LogP contribution in [0.15, 0.2) is 30.6 Å². The molecule has 0 fully saturated rings. The average molecular weight is 333 g/mol. The van der Waals surface area contributed by atoms with E-state index >= 15 is 0 Å². The maximum atomic E-state index is 12.2. The van der Waals surface area contributed by atoms with Crippen molar-refractivity contribution in [3.05, 3.63) is 46.9 Å². The SMILES string of the molecule is CCCCN(C)c1cnc(C(=O)Nc2ccc(C)c(Cl)c2)cn1. The minimum Gasteiger partial charge on any atom is -0.358 e. The normalized spacial score (nSPS) is 10.4. The number of halogens is 1. The molecule has 0 radical (unpaired) electrons. The fraction of sp³-hybridized carbons (Fsp3) is 0.353. The Morgan fingerprint density at radius 1 is 1.30 bits per heavy atom. The number of rotatable bonds is 6. The molecule has 122 valence electrons. The quantitative estimate of drug-likeness (QED) is 0.870. The van der Waals surface area contributed by atoms with Crippen LogP contribution in [0.2, 0.25) is 5.02 Å². The number of hydrogen-bond acceptors (Lipinski definition) is 4. The van der Waals surface area contributed by atoms with Crippen LogP contribution in [-0.4, -0.2) is 29.5 Å². The van der Waals surface area contributed by atoms with Gasteiger partial charge in [0.25, 0.3) is 5.91 Å². The van der Waals surface area contributed by atoms with Crippen molar-refractivity contribution in [1.82, 2.24) is 9.97 Å². The van der Waals surface area contributed by atoms with Gasteiger partial charge in [0.15, 0.2) is 0 Å². The second-order valence-corrected chi connectivity index (χ2v) is 5.86. The van der Waals surface area contributed by atoms with Crippen molar-refractivity contribution < 1.29 is 4.79 Å². The van der Waals surface area contributed by atoms with Gasteiger partial charge in [0.1, 0.15) is 11.5 Å². The van der Waals surface area contributed by atoms with E-state index < -0.39 is 0 Å². The fourth-order valence-electron chi connectivity index (χ4n) is 2.01. The van der Waals surface area contributed by atoms with Crippen LogP contribution in [0.1, 0.15) is 35.8 Å². The molecule has 23 heavy (non-hydrogen) atoms. The van der Waals surface area contributed by atoms with Crippen molar-refractivity contribution in [1.29, 1.82) is 0 Å². The predicted octanol–water partition coefficient (Wildman–Crippen LogP) is 3.93. The molecule has 1 amide bonds. The Balaban J connectivity index is 2.03. The fourth-order valence-corrected chi connectivity index (χ4v) is 2.19. The number of aromatic nitrogens is 2. The maximum absolute atomic E-state index is 12.2. The van der Waals surface area contributed by atoms with Crippen molar-refractivity contribution in [2.45, 2.75) is 26.7 Å². The number of hydrogen-bond donors (Lipinski definition) is 1. The summed E-state index contributed by atoms with van der Waals surface area (Å²) in [6, 6.07) is 5.38. The molecule has 0 saturated carbocycles. The standard InChI is InChI=1S/C17H21ClN4O/c1-4-5-8-22(3)16-11-19-15(10-20-16)17(23)21-13-7-6-12(2)14(18)9-13/h6-7,9-11H,4-5,8H2,1-3H3,(H,21,23). The minimum absolute atomic E-state index is 0.273. The predicted molar refractivity (Wildman–Crippen MR) is 94.4 cm³/mol. The molecule has 1 heterocycles. The number of amides is 1. The molecule has 5 nitrogen and oxygen atoms in total. The van der Waals surface area contributed by atoms with Crippen LogP contribution in [0, 0.1) is 6.92 Å². The molecule has 1 aromatic heterocycles. The number of benzene rings is 1. The highest BCUT2D eigenvalue weighted by Crippen LogP contribution is 2.20. The van der Waals surface area contributed by atoms with Crippen molar-refractivity contribution in [2.75, 3.05) is 23.8 Å². The monoisotopic (exact) mass is 332 g/mol. The highest BCUT2D eigenvalue weighted by molar-refractivity contribution is 6.31. The lowest BCUT2D eigenvalue weighted by atomic mass is 10.2. The zero-order chi connectivity index (χ0) is 16.8. The third kappa shape index (κ3) is 4.66. The summed E-state index contributed by atoms with van der Waals surface area (Å²) >= 11 is 6.06. The molecule has 0 aliphatic carbocycles. The zero-order valence-corrected chi connectivity index (χ0v) is 14.4.